The molecule has 1 aromatic rings. The third kappa shape index (κ3) is 3.73. The maximum absolute atomic E-state index is 4.31. The summed E-state index contributed by atoms with van der Waals surface area (Å²) in [5.74, 6) is 0.940. The number of nitrogens with zero attached hydrogens (tertiary/aromatic N) is 1. The molecule has 0 amide bonds. The zero-order valence-electron chi connectivity index (χ0n) is 11.3. The van der Waals surface area contributed by atoms with Crippen molar-refractivity contribution >= 4 is 17.3 Å². The van der Waals surface area contributed by atoms with Crippen LogP contribution in [-0.2, 0) is 6.54 Å². The number of aliphatic imine (C=N–C) groups is 1. The van der Waals surface area contributed by atoms with E-state index >= 15 is 0 Å². The van der Waals surface area contributed by atoms with Gasteiger partial charge in [0.2, 0.25) is 0 Å². The molecule has 100 valence electrons. The molecule has 4 heteroatoms. The summed E-state index contributed by atoms with van der Waals surface area (Å²) < 4.78 is 0. The smallest absolute Gasteiger partial charge is 0.191 e. The molecular formula is C14H23N3S. The molecule has 3 nitrogen and oxygen atoms in total. The number of hydrogen-bond donors (Lipinski definition) is 2. The average molecular weight is 265 g/mol. The molecule has 0 aliphatic heterocycles. The predicted octanol–water partition coefficient (Wildman–Crippen LogP) is 3.05. The second-order valence-electron chi connectivity index (χ2n) is 4.93. The van der Waals surface area contributed by atoms with Crippen LogP contribution in [0.25, 0.3) is 0 Å². The minimum atomic E-state index is 0.606. The number of hydrogen-bond acceptors (Lipinski definition) is 2. The van der Waals surface area contributed by atoms with Gasteiger partial charge in [0.15, 0.2) is 5.96 Å². The summed E-state index contributed by atoms with van der Waals surface area (Å²) in [6.45, 7) is 3.03. The van der Waals surface area contributed by atoms with Crippen LogP contribution in [0.1, 0.15) is 42.5 Å². The Morgan fingerprint density at radius 2 is 2.17 bits per heavy atom. The van der Waals surface area contributed by atoms with Crippen LogP contribution in [0.4, 0.5) is 0 Å². The van der Waals surface area contributed by atoms with Gasteiger partial charge in [-0.15, -0.1) is 11.3 Å². The highest BCUT2D eigenvalue weighted by molar-refractivity contribution is 7.10. The molecule has 0 bridgehead atoms. The quantitative estimate of drug-likeness (QED) is 0.651. The lowest BCUT2D eigenvalue weighted by Crippen LogP contribution is -2.43. The van der Waals surface area contributed by atoms with Crippen molar-refractivity contribution in [2.24, 2.45) is 4.99 Å². The lowest BCUT2D eigenvalue weighted by Gasteiger charge is -2.24. The van der Waals surface area contributed by atoms with Gasteiger partial charge >= 0.3 is 0 Å². The lowest BCUT2D eigenvalue weighted by molar-refractivity contribution is 0.410. The number of thiophene rings is 1. The molecule has 0 atom stereocenters. The highest BCUT2D eigenvalue weighted by Crippen LogP contribution is 2.17. The molecule has 1 saturated carbocycles. The summed E-state index contributed by atoms with van der Waals surface area (Å²) in [6.07, 6.45) is 6.63. The normalized spacial score (nSPS) is 17.8. The first-order valence-corrected chi connectivity index (χ1v) is 7.67. The van der Waals surface area contributed by atoms with Gasteiger partial charge in [-0.1, -0.05) is 19.3 Å². The minimum Gasteiger partial charge on any atom is -0.354 e. The third-order valence-electron chi connectivity index (χ3n) is 3.55. The van der Waals surface area contributed by atoms with Gasteiger partial charge in [-0.2, -0.15) is 0 Å². The third-order valence-corrected chi connectivity index (χ3v) is 4.58. The summed E-state index contributed by atoms with van der Waals surface area (Å²) in [4.78, 5) is 5.70. The molecule has 0 saturated heterocycles. The predicted molar refractivity (Wildman–Crippen MR) is 79.3 cm³/mol. The zero-order valence-corrected chi connectivity index (χ0v) is 12.1. The first-order chi connectivity index (χ1) is 8.79. The van der Waals surface area contributed by atoms with Crippen LogP contribution < -0.4 is 10.6 Å². The molecule has 1 aliphatic rings. The molecule has 0 aromatic carbocycles. The van der Waals surface area contributed by atoms with E-state index < -0.39 is 0 Å². The van der Waals surface area contributed by atoms with Gasteiger partial charge < -0.3 is 10.6 Å². The van der Waals surface area contributed by atoms with E-state index in [2.05, 4.69) is 34.0 Å². The van der Waals surface area contributed by atoms with Crippen molar-refractivity contribution in [3.8, 4) is 0 Å². The van der Waals surface area contributed by atoms with Crippen molar-refractivity contribution in [1.82, 2.24) is 10.6 Å². The molecule has 1 fully saturated rings. The Hall–Kier alpha value is -1.03. The van der Waals surface area contributed by atoms with E-state index in [1.54, 1.807) is 11.3 Å². The van der Waals surface area contributed by atoms with Gasteiger partial charge in [0.25, 0.3) is 0 Å². The van der Waals surface area contributed by atoms with E-state index in [1.165, 1.54) is 42.5 Å². The van der Waals surface area contributed by atoms with Gasteiger partial charge in [0.05, 0.1) is 6.54 Å². The summed E-state index contributed by atoms with van der Waals surface area (Å²) >= 11 is 1.80. The number of aryl methyl sites for hydroxylation is 1. The van der Waals surface area contributed by atoms with E-state index in [-0.39, 0.29) is 0 Å². The van der Waals surface area contributed by atoms with Crippen molar-refractivity contribution < 1.29 is 0 Å². The van der Waals surface area contributed by atoms with Gasteiger partial charge in [0.1, 0.15) is 0 Å². The van der Waals surface area contributed by atoms with E-state index in [0.29, 0.717) is 6.04 Å². The Morgan fingerprint density at radius 3 is 2.78 bits per heavy atom. The second-order valence-corrected chi connectivity index (χ2v) is 5.93. The van der Waals surface area contributed by atoms with Crippen molar-refractivity contribution in [3.63, 3.8) is 0 Å². The standard InChI is InChI=1S/C14H23N3S/c1-11-8-9-18-13(11)10-16-14(15-2)17-12-6-4-3-5-7-12/h8-9,12H,3-7,10H2,1-2H3,(H2,15,16,17). The molecule has 1 heterocycles. The number of nitrogens with one attached hydrogen (secondary N) is 2. The molecule has 0 spiro atoms. The largest absolute Gasteiger partial charge is 0.354 e. The Labute approximate surface area is 114 Å². The highest BCUT2D eigenvalue weighted by Gasteiger charge is 2.14. The summed E-state index contributed by atoms with van der Waals surface area (Å²) in [5, 5.41) is 9.08. The fraction of sp³-hybridized carbons (Fsp3) is 0.643. The Morgan fingerprint density at radius 1 is 1.39 bits per heavy atom. The van der Waals surface area contributed by atoms with Crippen LogP contribution in [0.2, 0.25) is 0 Å². The van der Waals surface area contributed by atoms with Crippen molar-refractivity contribution in [2.75, 3.05) is 7.05 Å². The summed E-state index contributed by atoms with van der Waals surface area (Å²) in [7, 11) is 1.85. The molecule has 2 rings (SSSR count). The zero-order chi connectivity index (χ0) is 12.8. The molecule has 0 unspecified atom stereocenters. The van der Waals surface area contributed by atoms with E-state index in [4.69, 9.17) is 0 Å². The Balaban J connectivity index is 1.80. The van der Waals surface area contributed by atoms with Crippen LogP contribution in [0.3, 0.4) is 0 Å². The second kappa shape index (κ2) is 6.78. The van der Waals surface area contributed by atoms with Gasteiger partial charge in [0, 0.05) is 18.0 Å². The molecular weight excluding hydrogens is 242 g/mol. The van der Waals surface area contributed by atoms with E-state index in [9.17, 15) is 0 Å². The fourth-order valence-electron chi connectivity index (χ4n) is 2.38. The van der Waals surface area contributed by atoms with Crippen LogP contribution >= 0.6 is 11.3 Å². The molecule has 1 aromatic heterocycles. The molecule has 0 radical (unpaired) electrons. The van der Waals surface area contributed by atoms with E-state index in [1.807, 2.05) is 7.05 Å². The Kier molecular flexibility index (Phi) is 5.05. The maximum Gasteiger partial charge on any atom is 0.191 e. The van der Waals surface area contributed by atoms with Crippen molar-refractivity contribution in [2.45, 2.75) is 51.6 Å². The summed E-state index contributed by atoms with van der Waals surface area (Å²) in [6, 6.07) is 2.77. The van der Waals surface area contributed by atoms with Gasteiger partial charge in [-0.3, -0.25) is 4.99 Å². The van der Waals surface area contributed by atoms with Crippen molar-refractivity contribution in [1.29, 1.82) is 0 Å². The minimum absolute atomic E-state index is 0.606. The maximum atomic E-state index is 4.31. The molecule has 18 heavy (non-hydrogen) atoms. The lowest BCUT2D eigenvalue weighted by atomic mass is 9.96. The van der Waals surface area contributed by atoms with Crippen molar-refractivity contribution in [3.05, 3.63) is 21.9 Å². The van der Waals surface area contributed by atoms with Crippen LogP contribution in [-0.4, -0.2) is 19.0 Å². The molecule has 2 N–H and O–H groups in total. The van der Waals surface area contributed by atoms with Crippen LogP contribution in [0, 0.1) is 6.92 Å². The first kappa shape index (κ1) is 13.4. The van der Waals surface area contributed by atoms with Crippen LogP contribution in [0.15, 0.2) is 16.4 Å². The average Bonchev–Trinajstić information content (AvgIpc) is 2.81. The SMILES string of the molecule is CN=C(NCc1sccc1C)NC1CCCCC1. The fourth-order valence-corrected chi connectivity index (χ4v) is 3.23. The highest BCUT2D eigenvalue weighted by atomic mass is 32.1. The Bertz CT molecular complexity index is 391. The number of rotatable bonds is 3. The monoisotopic (exact) mass is 265 g/mol. The van der Waals surface area contributed by atoms with Gasteiger partial charge in [-0.05, 0) is 36.8 Å². The molecule has 1 aliphatic carbocycles. The summed E-state index contributed by atoms with van der Waals surface area (Å²) in [5.41, 5.74) is 1.36. The van der Waals surface area contributed by atoms with Crippen LogP contribution in [0.5, 0.6) is 0 Å². The van der Waals surface area contributed by atoms with E-state index in [0.717, 1.165) is 12.5 Å². The van der Waals surface area contributed by atoms with Gasteiger partial charge in [-0.25, -0.2) is 0 Å². The first-order valence-electron chi connectivity index (χ1n) is 6.79. The number of guanidine groups is 1. The topological polar surface area (TPSA) is 36.4 Å².